The van der Waals surface area contributed by atoms with E-state index in [1.54, 1.807) is 19.1 Å². The Morgan fingerprint density at radius 3 is 2.72 bits per heavy atom. The molecule has 0 fully saturated rings. The molecule has 29 heavy (non-hydrogen) atoms. The van der Waals surface area contributed by atoms with E-state index in [9.17, 15) is 9.59 Å². The number of nitrogens with zero attached hydrogens (tertiary/aromatic N) is 1. The third-order valence-corrected chi connectivity index (χ3v) is 6.56. The Kier molecular flexibility index (Phi) is 5.27. The van der Waals surface area contributed by atoms with E-state index in [1.807, 2.05) is 31.2 Å². The summed E-state index contributed by atoms with van der Waals surface area (Å²) in [5.41, 5.74) is 2.11. The summed E-state index contributed by atoms with van der Waals surface area (Å²) in [7, 11) is 0. The van der Waals surface area contributed by atoms with E-state index >= 15 is 0 Å². The molecule has 1 N–H and O–H groups in total. The zero-order valence-electron chi connectivity index (χ0n) is 16.0. The van der Waals surface area contributed by atoms with Crippen molar-refractivity contribution in [2.75, 3.05) is 5.32 Å². The summed E-state index contributed by atoms with van der Waals surface area (Å²) in [5, 5.41) is 3.35. The van der Waals surface area contributed by atoms with Crippen LogP contribution in [-0.4, -0.2) is 22.5 Å². The number of amides is 1. The van der Waals surface area contributed by atoms with Gasteiger partial charge in [-0.3, -0.25) is 10.1 Å². The molecule has 0 aliphatic carbocycles. The molecule has 1 amide bonds. The van der Waals surface area contributed by atoms with E-state index in [1.165, 1.54) is 16.9 Å². The Morgan fingerprint density at radius 1 is 1.24 bits per heavy atom. The second kappa shape index (κ2) is 7.72. The standard InChI is InChI=1S/C22H19BrN2O3S/c1-13-18(11-14-7-9-16(23)10-8-14)29-21(24-13)25-20(27)22(2)12-15-5-3-4-6-17(15)19(26)28-22/h3-10H,11-12H2,1-2H3,(H,24,25,27). The minimum Gasteiger partial charge on any atom is -0.445 e. The lowest BCUT2D eigenvalue weighted by Crippen LogP contribution is -2.48. The first-order valence-corrected chi connectivity index (χ1v) is 10.8. The number of thiazole rings is 1. The fraction of sp³-hybridized carbons (Fsp3) is 0.227. The third kappa shape index (κ3) is 4.11. The van der Waals surface area contributed by atoms with Crippen LogP contribution in [0.1, 0.15) is 39.0 Å². The number of hydrogen-bond donors (Lipinski definition) is 1. The van der Waals surface area contributed by atoms with E-state index in [0.29, 0.717) is 17.1 Å². The van der Waals surface area contributed by atoms with Crippen LogP contribution in [0, 0.1) is 6.92 Å². The maximum atomic E-state index is 12.9. The predicted molar refractivity (Wildman–Crippen MR) is 116 cm³/mol. The lowest BCUT2D eigenvalue weighted by atomic mass is 9.89. The zero-order chi connectivity index (χ0) is 20.6. The predicted octanol–water partition coefficient (Wildman–Crippen LogP) is 4.92. The van der Waals surface area contributed by atoms with Crippen LogP contribution in [0.15, 0.2) is 53.0 Å². The number of benzene rings is 2. The Morgan fingerprint density at radius 2 is 1.97 bits per heavy atom. The minimum atomic E-state index is -1.27. The average molecular weight is 471 g/mol. The fourth-order valence-electron chi connectivity index (χ4n) is 3.32. The van der Waals surface area contributed by atoms with Crippen molar-refractivity contribution < 1.29 is 14.3 Å². The molecule has 0 spiro atoms. The maximum absolute atomic E-state index is 12.9. The van der Waals surface area contributed by atoms with Gasteiger partial charge >= 0.3 is 5.97 Å². The summed E-state index contributed by atoms with van der Waals surface area (Å²) < 4.78 is 6.53. The van der Waals surface area contributed by atoms with Crippen molar-refractivity contribution in [1.29, 1.82) is 0 Å². The number of halogens is 1. The largest absolute Gasteiger partial charge is 0.445 e. The number of nitrogens with one attached hydrogen (secondary N) is 1. The number of aryl methyl sites for hydroxylation is 1. The molecule has 3 aromatic rings. The van der Waals surface area contributed by atoms with E-state index in [0.717, 1.165) is 27.0 Å². The molecule has 0 saturated carbocycles. The van der Waals surface area contributed by atoms with Gasteiger partial charge in [0.25, 0.3) is 5.91 Å². The summed E-state index contributed by atoms with van der Waals surface area (Å²) >= 11 is 4.88. The zero-order valence-corrected chi connectivity index (χ0v) is 18.4. The van der Waals surface area contributed by atoms with E-state index < -0.39 is 11.6 Å². The first-order valence-electron chi connectivity index (χ1n) is 9.17. The number of carbonyl (C=O) groups excluding carboxylic acids is 2. The molecule has 0 saturated heterocycles. The van der Waals surface area contributed by atoms with Crippen molar-refractivity contribution in [3.8, 4) is 0 Å². The second-order valence-corrected chi connectivity index (χ2v) is 9.24. The number of rotatable bonds is 4. The summed E-state index contributed by atoms with van der Waals surface area (Å²) in [6, 6.07) is 15.3. The van der Waals surface area contributed by atoms with Crippen LogP contribution in [-0.2, 0) is 22.4 Å². The van der Waals surface area contributed by atoms with E-state index in [4.69, 9.17) is 4.74 Å². The van der Waals surface area contributed by atoms with Gasteiger partial charge in [0.2, 0.25) is 0 Å². The highest BCUT2D eigenvalue weighted by Crippen LogP contribution is 2.31. The molecule has 2 aromatic carbocycles. The van der Waals surface area contributed by atoms with Crippen molar-refractivity contribution in [3.05, 3.63) is 80.3 Å². The van der Waals surface area contributed by atoms with Crippen LogP contribution in [0.25, 0.3) is 0 Å². The smallest absolute Gasteiger partial charge is 0.339 e. The van der Waals surface area contributed by atoms with E-state index in [2.05, 4.69) is 38.4 Å². The second-order valence-electron chi connectivity index (χ2n) is 7.24. The van der Waals surface area contributed by atoms with Gasteiger partial charge in [-0.2, -0.15) is 0 Å². The van der Waals surface area contributed by atoms with Gasteiger partial charge < -0.3 is 4.74 Å². The highest BCUT2D eigenvalue weighted by molar-refractivity contribution is 9.10. The fourth-order valence-corrected chi connectivity index (χ4v) is 4.58. The van der Waals surface area contributed by atoms with E-state index in [-0.39, 0.29) is 5.91 Å². The van der Waals surface area contributed by atoms with Crippen LogP contribution in [0.4, 0.5) is 5.13 Å². The molecule has 2 heterocycles. The number of carbonyl (C=O) groups is 2. The molecule has 1 aromatic heterocycles. The van der Waals surface area contributed by atoms with Crippen molar-refractivity contribution >= 4 is 44.3 Å². The summed E-state index contributed by atoms with van der Waals surface area (Å²) in [4.78, 5) is 30.8. The Hall–Kier alpha value is -2.51. The molecule has 1 aliphatic heterocycles. The molecule has 4 rings (SSSR count). The normalized spacial score (nSPS) is 18.1. The summed E-state index contributed by atoms with van der Waals surface area (Å²) in [5.74, 6) is -0.847. The van der Waals surface area contributed by atoms with Gasteiger partial charge in [0.1, 0.15) is 0 Å². The van der Waals surface area contributed by atoms with Gasteiger partial charge in [-0.15, -0.1) is 11.3 Å². The Balaban J connectivity index is 1.50. The SMILES string of the molecule is Cc1nc(NC(=O)C2(C)Cc3ccccc3C(=O)O2)sc1Cc1ccc(Br)cc1. The number of ether oxygens (including phenoxy) is 1. The third-order valence-electron chi connectivity index (χ3n) is 4.95. The number of anilines is 1. The van der Waals surface area contributed by atoms with Crippen LogP contribution in [0.2, 0.25) is 0 Å². The Bertz CT molecular complexity index is 1090. The molecule has 148 valence electrons. The summed E-state index contributed by atoms with van der Waals surface area (Å²) in [6.07, 6.45) is 1.07. The van der Waals surface area contributed by atoms with Crippen molar-refractivity contribution in [2.45, 2.75) is 32.3 Å². The van der Waals surface area contributed by atoms with Gasteiger partial charge in [0.15, 0.2) is 10.7 Å². The number of aromatic nitrogens is 1. The van der Waals surface area contributed by atoms with Crippen molar-refractivity contribution in [2.24, 2.45) is 0 Å². The minimum absolute atomic E-state index is 0.330. The number of hydrogen-bond acceptors (Lipinski definition) is 5. The molecule has 5 nitrogen and oxygen atoms in total. The topological polar surface area (TPSA) is 68.3 Å². The highest BCUT2D eigenvalue weighted by atomic mass is 79.9. The first kappa shape index (κ1) is 19.8. The van der Waals surface area contributed by atoms with Crippen LogP contribution in [0.5, 0.6) is 0 Å². The van der Waals surface area contributed by atoms with Crippen LogP contribution >= 0.6 is 27.3 Å². The maximum Gasteiger partial charge on any atom is 0.339 e. The van der Waals surface area contributed by atoms with Gasteiger partial charge in [-0.1, -0.05) is 46.3 Å². The molecule has 0 bridgehead atoms. The van der Waals surface area contributed by atoms with Gasteiger partial charge in [0.05, 0.1) is 11.3 Å². The molecule has 1 unspecified atom stereocenters. The molecular weight excluding hydrogens is 452 g/mol. The summed E-state index contributed by atoms with van der Waals surface area (Å²) in [6.45, 7) is 3.57. The van der Waals surface area contributed by atoms with Gasteiger partial charge in [0, 0.05) is 22.2 Å². The number of cyclic esters (lactones) is 1. The average Bonchev–Trinajstić information content (AvgIpc) is 3.02. The molecular formula is C22H19BrN2O3S. The lowest BCUT2D eigenvalue weighted by molar-refractivity contribution is -0.134. The quantitative estimate of drug-likeness (QED) is 0.549. The monoisotopic (exact) mass is 470 g/mol. The molecule has 1 atom stereocenters. The van der Waals surface area contributed by atoms with Crippen LogP contribution in [0.3, 0.4) is 0 Å². The lowest BCUT2D eigenvalue weighted by Gasteiger charge is -2.32. The Labute approximate surface area is 181 Å². The molecule has 0 radical (unpaired) electrons. The van der Waals surface area contributed by atoms with Gasteiger partial charge in [-0.25, -0.2) is 9.78 Å². The molecule has 7 heteroatoms. The van der Waals surface area contributed by atoms with Gasteiger partial charge in [-0.05, 0) is 43.2 Å². The number of esters is 1. The number of fused-ring (bicyclic) bond motifs is 1. The van der Waals surface area contributed by atoms with Crippen LogP contribution < -0.4 is 5.32 Å². The van der Waals surface area contributed by atoms with Crippen molar-refractivity contribution in [3.63, 3.8) is 0 Å². The molecule has 1 aliphatic rings. The first-order chi connectivity index (χ1) is 13.8. The highest BCUT2D eigenvalue weighted by Gasteiger charge is 2.42. The van der Waals surface area contributed by atoms with Crippen molar-refractivity contribution in [1.82, 2.24) is 4.98 Å².